The number of hydrogen-bond acceptors (Lipinski definition) is 2. The van der Waals surface area contributed by atoms with Crippen LogP contribution in [0.2, 0.25) is 0 Å². The van der Waals surface area contributed by atoms with Crippen molar-refractivity contribution in [2.75, 3.05) is 6.54 Å². The van der Waals surface area contributed by atoms with Gasteiger partial charge in [0.1, 0.15) is 5.75 Å². The highest BCUT2D eigenvalue weighted by atomic mass is 16.3. The number of benzene rings is 1. The first-order chi connectivity index (χ1) is 11.1. The van der Waals surface area contributed by atoms with Crippen LogP contribution in [0, 0.1) is 23.2 Å². The zero-order chi connectivity index (χ0) is 15.9. The predicted octanol–water partition coefficient (Wildman–Crippen LogP) is 3.66. The van der Waals surface area contributed by atoms with E-state index in [-0.39, 0.29) is 5.91 Å². The maximum Gasteiger partial charge on any atom is 0.220 e. The van der Waals surface area contributed by atoms with Gasteiger partial charge in [0.05, 0.1) is 0 Å². The molecule has 0 unspecified atom stereocenters. The van der Waals surface area contributed by atoms with Gasteiger partial charge in [0.15, 0.2) is 0 Å². The molecule has 0 heterocycles. The molecule has 3 heteroatoms. The number of aromatic hydroxyl groups is 1. The third-order valence-corrected chi connectivity index (χ3v) is 6.44. The molecule has 0 aliphatic heterocycles. The minimum Gasteiger partial charge on any atom is -0.508 e. The minimum atomic E-state index is 0.129. The van der Waals surface area contributed by atoms with Gasteiger partial charge in [-0.15, -0.1) is 0 Å². The highest BCUT2D eigenvalue weighted by molar-refractivity contribution is 5.76. The second-order valence-corrected chi connectivity index (χ2v) is 8.32. The van der Waals surface area contributed by atoms with Crippen LogP contribution >= 0.6 is 0 Å². The summed E-state index contributed by atoms with van der Waals surface area (Å²) in [6, 6.07) is 7.29. The van der Waals surface area contributed by atoms with Crippen LogP contribution < -0.4 is 5.32 Å². The molecule has 0 radical (unpaired) electrons. The lowest BCUT2D eigenvalue weighted by Crippen LogP contribution is -2.51. The van der Waals surface area contributed by atoms with Crippen LogP contribution in [0.5, 0.6) is 5.75 Å². The maximum absolute atomic E-state index is 12.2. The summed E-state index contributed by atoms with van der Waals surface area (Å²) in [6.07, 6.45) is 9.40. The standard InChI is InChI=1S/C20H27NO2/c22-18-4-2-1-3-17(18)5-6-19(23)21-13-20-10-14-7-15(11-20)9-16(8-14)12-20/h1-4,14-16,22H,5-13H2,(H,21,23). The Bertz CT molecular complexity index is 560. The summed E-state index contributed by atoms with van der Waals surface area (Å²) in [5, 5.41) is 13.0. The van der Waals surface area contributed by atoms with Crippen molar-refractivity contribution in [1.82, 2.24) is 5.32 Å². The molecule has 1 aromatic carbocycles. The van der Waals surface area contributed by atoms with Gasteiger partial charge in [0, 0.05) is 13.0 Å². The third kappa shape index (κ3) is 3.11. The fourth-order valence-electron chi connectivity index (χ4n) is 5.85. The first-order valence-corrected chi connectivity index (χ1v) is 9.15. The highest BCUT2D eigenvalue weighted by Crippen LogP contribution is 2.59. The average Bonchev–Trinajstić information content (AvgIpc) is 2.51. The second-order valence-electron chi connectivity index (χ2n) is 8.32. The molecule has 1 amide bonds. The van der Waals surface area contributed by atoms with E-state index in [0.717, 1.165) is 29.9 Å². The topological polar surface area (TPSA) is 49.3 Å². The lowest BCUT2D eigenvalue weighted by Gasteiger charge is -2.56. The highest BCUT2D eigenvalue weighted by Gasteiger charge is 2.50. The summed E-state index contributed by atoms with van der Waals surface area (Å²) in [4.78, 5) is 12.2. The zero-order valence-corrected chi connectivity index (χ0v) is 13.8. The molecule has 23 heavy (non-hydrogen) atoms. The van der Waals surface area contributed by atoms with Crippen LogP contribution in [0.3, 0.4) is 0 Å². The first kappa shape index (κ1) is 15.0. The van der Waals surface area contributed by atoms with E-state index in [0.29, 0.717) is 24.0 Å². The molecular weight excluding hydrogens is 286 g/mol. The largest absolute Gasteiger partial charge is 0.508 e. The molecule has 0 atom stereocenters. The Morgan fingerprint density at radius 1 is 1.09 bits per heavy atom. The third-order valence-electron chi connectivity index (χ3n) is 6.44. The van der Waals surface area contributed by atoms with Crippen molar-refractivity contribution < 1.29 is 9.90 Å². The van der Waals surface area contributed by atoms with Crippen LogP contribution in [-0.2, 0) is 11.2 Å². The van der Waals surface area contributed by atoms with E-state index in [2.05, 4.69) is 5.32 Å². The molecule has 0 saturated heterocycles. The number of carbonyl (C=O) groups is 1. The lowest BCUT2D eigenvalue weighted by molar-refractivity contribution is -0.123. The lowest BCUT2D eigenvalue weighted by atomic mass is 9.49. The van der Waals surface area contributed by atoms with Crippen molar-refractivity contribution in [2.45, 2.75) is 51.4 Å². The van der Waals surface area contributed by atoms with Crippen LogP contribution in [0.25, 0.3) is 0 Å². The molecule has 4 bridgehead atoms. The maximum atomic E-state index is 12.2. The molecule has 4 aliphatic rings. The Labute approximate surface area is 138 Å². The predicted molar refractivity (Wildman–Crippen MR) is 90.0 cm³/mol. The number of phenols is 1. The molecule has 4 saturated carbocycles. The molecule has 5 rings (SSSR count). The van der Waals surface area contributed by atoms with Crippen LogP contribution in [0.15, 0.2) is 24.3 Å². The van der Waals surface area contributed by atoms with Gasteiger partial charge in [0.2, 0.25) is 5.91 Å². The normalized spacial score (nSPS) is 34.5. The van der Waals surface area contributed by atoms with E-state index >= 15 is 0 Å². The van der Waals surface area contributed by atoms with Crippen molar-refractivity contribution in [3.63, 3.8) is 0 Å². The fraction of sp³-hybridized carbons (Fsp3) is 0.650. The number of phenolic OH excluding ortho intramolecular Hbond substituents is 1. The number of aryl methyl sites for hydroxylation is 1. The summed E-state index contributed by atoms with van der Waals surface area (Å²) in [5.74, 6) is 3.21. The second kappa shape index (κ2) is 5.85. The van der Waals surface area contributed by atoms with Crippen molar-refractivity contribution in [3.8, 4) is 5.75 Å². The van der Waals surface area contributed by atoms with Gasteiger partial charge in [-0.05, 0) is 79.7 Å². The average molecular weight is 313 g/mol. The van der Waals surface area contributed by atoms with Gasteiger partial charge < -0.3 is 10.4 Å². The van der Waals surface area contributed by atoms with Crippen molar-refractivity contribution >= 4 is 5.91 Å². The van der Waals surface area contributed by atoms with Gasteiger partial charge in [-0.25, -0.2) is 0 Å². The molecule has 1 aromatic rings. The Morgan fingerprint density at radius 3 is 2.30 bits per heavy atom. The van der Waals surface area contributed by atoms with Gasteiger partial charge >= 0.3 is 0 Å². The molecular formula is C20H27NO2. The molecule has 2 N–H and O–H groups in total. The van der Waals surface area contributed by atoms with E-state index in [1.165, 1.54) is 38.5 Å². The van der Waals surface area contributed by atoms with Crippen LogP contribution in [-0.4, -0.2) is 17.6 Å². The number of rotatable bonds is 5. The summed E-state index contributed by atoms with van der Waals surface area (Å²) in [7, 11) is 0. The van der Waals surface area contributed by atoms with Crippen molar-refractivity contribution in [2.24, 2.45) is 23.2 Å². The van der Waals surface area contributed by atoms with Crippen LogP contribution in [0.4, 0.5) is 0 Å². The quantitative estimate of drug-likeness (QED) is 0.871. The van der Waals surface area contributed by atoms with E-state index < -0.39 is 0 Å². The first-order valence-electron chi connectivity index (χ1n) is 9.15. The molecule has 4 fully saturated rings. The Morgan fingerprint density at radius 2 is 1.70 bits per heavy atom. The molecule has 4 aliphatic carbocycles. The zero-order valence-electron chi connectivity index (χ0n) is 13.8. The monoisotopic (exact) mass is 313 g/mol. The Balaban J connectivity index is 1.29. The molecule has 3 nitrogen and oxygen atoms in total. The summed E-state index contributed by atoms with van der Waals surface area (Å²) in [5.41, 5.74) is 1.26. The van der Waals surface area contributed by atoms with E-state index in [1.807, 2.05) is 18.2 Å². The number of hydrogen-bond donors (Lipinski definition) is 2. The van der Waals surface area contributed by atoms with Gasteiger partial charge in [-0.1, -0.05) is 18.2 Å². The van der Waals surface area contributed by atoms with Gasteiger partial charge in [-0.2, -0.15) is 0 Å². The summed E-state index contributed by atoms with van der Waals surface area (Å²) in [6.45, 7) is 0.871. The SMILES string of the molecule is O=C(CCc1ccccc1O)NCC12CC3CC(CC(C3)C1)C2. The smallest absolute Gasteiger partial charge is 0.220 e. The van der Waals surface area contributed by atoms with Gasteiger partial charge in [-0.3, -0.25) is 4.79 Å². The number of amides is 1. The molecule has 124 valence electrons. The molecule has 0 spiro atoms. The van der Waals surface area contributed by atoms with Gasteiger partial charge in [0.25, 0.3) is 0 Å². The van der Waals surface area contributed by atoms with Crippen molar-refractivity contribution in [3.05, 3.63) is 29.8 Å². The number of carbonyl (C=O) groups excluding carboxylic acids is 1. The number of para-hydroxylation sites is 1. The molecule has 0 aromatic heterocycles. The Hall–Kier alpha value is -1.51. The van der Waals surface area contributed by atoms with Crippen molar-refractivity contribution in [1.29, 1.82) is 0 Å². The summed E-state index contributed by atoms with van der Waals surface area (Å²) < 4.78 is 0. The number of nitrogens with one attached hydrogen (secondary N) is 1. The van der Waals surface area contributed by atoms with E-state index in [9.17, 15) is 9.90 Å². The summed E-state index contributed by atoms with van der Waals surface area (Å²) >= 11 is 0. The Kier molecular flexibility index (Phi) is 3.82. The van der Waals surface area contributed by atoms with Crippen LogP contribution in [0.1, 0.15) is 50.5 Å². The minimum absolute atomic E-state index is 0.129. The van der Waals surface area contributed by atoms with E-state index in [4.69, 9.17) is 0 Å². The fourth-order valence-corrected chi connectivity index (χ4v) is 5.85. The van der Waals surface area contributed by atoms with E-state index in [1.54, 1.807) is 6.07 Å².